The summed E-state index contributed by atoms with van der Waals surface area (Å²) >= 11 is 1.68. The first-order valence-electron chi connectivity index (χ1n) is 7.14. The van der Waals surface area contributed by atoms with Gasteiger partial charge in [-0.05, 0) is 31.7 Å². The van der Waals surface area contributed by atoms with Crippen molar-refractivity contribution in [2.45, 2.75) is 31.8 Å². The van der Waals surface area contributed by atoms with E-state index in [-0.39, 0.29) is 5.69 Å². The van der Waals surface area contributed by atoms with Gasteiger partial charge in [-0.2, -0.15) is 13.2 Å². The predicted molar refractivity (Wildman–Crippen MR) is 88.7 cm³/mol. The SMILES string of the molecule is CCSc1ccccc1C(C)=Nc1cc(C(F)(F)F)cnc1C. The number of aromatic nitrogens is 1. The largest absolute Gasteiger partial charge is 0.417 e. The molecule has 0 fully saturated rings. The highest BCUT2D eigenvalue weighted by Gasteiger charge is 2.31. The zero-order valence-electron chi connectivity index (χ0n) is 13.1. The Kier molecular flexibility index (Phi) is 5.46. The number of thioether (sulfide) groups is 1. The normalized spacial score (nSPS) is 12.5. The zero-order chi connectivity index (χ0) is 17.0. The molecule has 0 aliphatic carbocycles. The maximum atomic E-state index is 12.8. The van der Waals surface area contributed by atoms with Crippen LogP contribution in [0.5, 0.6) is 0 Å². The number of alkyl halides is 3. The van der Waals surface area contributed by atoms with Gasteiger partial charge in [0.15, 0.2) is 0 Å². The summed E-state index contributed by atoms with van der Waals surface area (Å²) in [5.41, 5.74) is 1.53. The molecule has 0 aliphatic rings. The lowest BCUT2D eigenvalue weighted by Crippen LogP contribution is -2.06. The standard InChI is InChI=1S/C17H17F3N2S/c1-4-23-16-8-6-5-7-14(16)11(2)22-15-9-13(17(18,19)20)10-21-12(15)3/h5-10H,4H2,1-3H3. The average Bonchev–Trinajstić information content (AvgIpc) is 2.49. The maximum absolute atomic E-state index is 12.8. The molecule has 0 saturated heterocycles. The van der Waals surface area contributed by atoms with Crippen LogP contribution >= 0.6 is 11.8 Å². The van der Waals surface area contributed by atoms with Gasteiger partial charge in [0.1, 0.15) is 0 Å². The molecule has 2 nitrogen and oxygen atoms in total. The zero-order valence-corrected chi connectivity index (χ0v) is 13.9. The summed E-state index contributed by atoms with van der Waals surface area (Å²) in [7, 11) is 0. The number of aliphatic imine (C=N–C) groups is 1. The number of rotatable bonds is 4. The van der Waals surface area contributed by atoms with E-state index < -0.39 is 11.7 Å². The molecular formula is C17H17F3N2S. The third kappa shape index (κ3) is 4.34. The van der Waals surface area contributed by atoms with Crippen molar-refractivity contribution in [1.82, 2.24) is 4.98 Å². The van der Waals surface area contributed by atoms with Gasteiger partial charge in [-0.15, -0.1) is 11.8 Å². The van der Waals surface area contributed by atoms with Crippen LogP contribution in [-0.4, -0.2) is 16.4 Å². The first-order valence-corrected chi connectivity index (χ1v) is 8.12. The third-order valence-corrected chi connectivity index (χ3v) is 4.21. The van der Waals surface area contributed by atoms with Crippen molar-refractivity contribution in [2.75, 3.05) is 5.75 Å². The van der Waals surface area contributed by atoms with Gasteiger partial charge in [0, 0.05) is 22.4 Å². The summed E-state index contributed by atoms with van der Waals surface area (Å²) in [5.74, 6) is 0.911. The van der Waals surface area contributed by atoms with Crippen molar-refractivity contribution in [3.05, 3.63) is 53.3 Å². The molecule has 0 saturated carbocycles. The molecule has 0 atom stereocenters. The highest BCUT2D eigenvalue weighted by atomic mass is 32.2. The molecule has 0 aliphatic heterocycles. The topological polar surface area (TPSA) is 25.2 Å². The first-order chi connectivity index (χ1) is 10.8. The van der Waals surface area contributed by atoms with Crippen molar-refractivity contribution in [3.8, 4) is 0 Å². The third-order valence-electron chi connectivity index (χ3n) is 3.25. The molecule has 6 heteroatoms. The van der Waals surface area contributed by atoms with E-state index in [0.29, 0.717) is 11.4 Å². The molecule has 0 bridgehead atoms. The first kappa shape index (κ1) is 17.5. The molecule has 122 valence electrons. The molecule has 23 heavy (non-hydrogen) atoms. The van der Waals surface area contributed by atoms with Gasteiger partial charge in [0.25, 0.3) is 0 Å². The van der Waals surface area contributed by atoms with E-state index in [0.717, 1.165) is 28.5 Å². The minimum Gasteiger partial charge on any atom is -0.259 e. The number of nitrogens with zero attached hydrogens (tertiary/aromatic N) is 2. The molecule has 0 amide bonds. The minimum atomic E-state index is -4.42. The van der Waals surface area contributed by atoms with Gasteiger partial charge in [-0.1, -0.05) is 25.1 Å². The number of pyridine rings is 1. The van der Waals surface area contributed by atoms with Gasteiger partial charge in [0.2, 0.25) is 0 Å². The molecule has 0 N–H and O–H groups in total. The van der Waals surface area contributed by atoms with E-state index in [1.54, 1.807) is 25.6 Å². The van der Waals surface area contributed by atoms with Crippen molar-refractivity contribution in [1.29, 1.82) is 0 Å². The molecule has 2 rings (SSSR count). The Morgan fingerprint density at radius 2 is 1.96 bits per heavy atom. The van der Waals surface area contributed by atoms with Crippen LogP contribution in [-0.2, 0) is 6.18 Å². The van der Waals surface area contributed by atoms with E-state index in [1.165, 1.54) is 0 Å². The van der Waals surface area contributed by atoms with Crippen LogP contribution in [0.4, 0.5) is 18.9 Å². The summed E-state index contributed by atoms with van der Waals surface area (Å²) in [4.78, 5) is 9.27. The van der Waals surface area contributed by atoms with E-state index >= 15 is 0 Å². The Hall–Kier alpha value is -1.82. The van der Waals surface area contributed by atoms with Gasteiger partial charge < -0.3 is 0 Å². The van der Waals surface area contributed by atoms with Crippen molar-refractivity contribution < 1.29 is 13.2 Å². The summed E-state index contributed by atoms with van der Waals surface area (Å²) < 4.78 is 38.5. The molecular weight excluding hydrogens is 321 g/mol. The summed E-state index contributed by atoms with van der Waals surface area (Å²) in [6, 6.07) is 8.78. The summed E-state index contributed by atoms with van der Waals surface area (Å²) in [5, 5.41) is 0. The number of halogens is 3. The Bertz CT molecular complexity index is 724. The highest BCUT2D eigenvalue weighted by molar-refractivity contribution is 7.99. The van der Waals surface area contributed by atoms with E-state index in [1.807, 2.05) is 24.3 Å². The second kappa shape index (κ2) is 7.17. The average molecular weight is 338 g/mol. The van der Waals surface area contributed by atoms with Crippen LogP contribution in [0.3, 0.4) is 0 Å². The Morgan fingerprint density at radius 1 is 1.26 bits per heavy atom. The molecule has 1 heterocycles. The Morgan fingerprint density at radius 3 is 2.61 bits per heavy atom. The van der Waals surface area contributed by atoms with Crippen molar-refractivity contribution in [2.24, 2.45) is 4.99 Å². The number of hydrogen-bond donors (Lipinski definition) is 0. The van der Waals surface area contributed by atoms with Crippen LogP contribution in [0.1, 0.15) is 30.7 Å². The fourth-order valence-corrected chi connectivity index (χ4v) is 2.93. The fourth-order valence-electron chi connectivity index (χ4n) is 2.08. The maximum Gasteiger partial charge on any atom is 0.417 e. The predicted octanol–water partition coefficient (Wildman–Crippen LogP) is 5.66. The van der Waals surface area contributed by atoms with Gasteiger partial charge >= 0.3 is 6.18 Å². The van der Waals surface area contributed by atoms with E-state index in [2.05, 4.69) is 16.9 Å². The van der Waals surface area contributed by atoms with Crippen molar-refractivity contribution in [3.63, 3.8) is 0 Å². The molecule has 0 unspecified atom stereocenters. The smallest absolute Gasteiger partial charge is 0.259 e. The van der Waals surface area contributed by atoms with E-state index in [9.17, 15) is 13.2 Å². The van der Waals surface area contributed by atoms with Crippen LogP contribution in [0.15, 0.2) is 46.4 Å². The van der Waals surface area contributed by atoms with Crippen LogP contribution in [0.2, 0.25) is 0 Å². The van der Waals surface area contributed by atoms with Crippen molar-refractivity contribution >= 4 is 23.2 Å². The molecule has 0 spiro atoms. The summed E-state index contributed by atoms with van der Waals surface area (Å²) in [6.45, 7) is 5.50. The van der Waals surface area contributed by atoms with Crippen LogP contribution < -0.4 is 0 Å². The molecule has 2 aromatic rings. The second-order valence-electron chi connectivity index (χ2n) is 4.95. The van der Waals surface area contributed by atoms with Gasteiger partial charge in [0.05, 0.1) is 16.9 Å². The Labute approximate surface area is 137 Å². The molecule has 1 aromatic heterocycles. The Balaban J connectivity index is 2.46. The quantitative estimate of drug-likeness (QED) is 0.531. The van der Waals surface area contributed by atoms with Crippen LogP contribution in [0.25, 0.3) is 0 Å². The number of benzene rings is 1. The minimum absolute atomic E-state index is 0.244. The molecule has 0 radical (unpaired) electrons. The lowest BCUT2D eigenvalue weighted by atomic mass is 10.1. The lowest BCUT2D eigenvalue weighted by Gasteiger charge is -2.10. The molecule has 1 aromatic carbocycles. The lowest BCUT2D eigenvalue weighted by molar-refractivity contribution is -0.137. The summed E-state index contributed by atoms with van der Waals surface area (Å²) in [6.07, 6.45) is -3.58. The fraction of sp³-hybridized carbons (Fsp3) is 0.294. The highest BCUT2D eigenvalue weighted by Crippen LogP contribution is 2.32. The van der Waals surface area contributed by atoms with Gasteiger partial charge in [-0.25, -0.2) is 0 Å². The number of hydrogen-bond acceptors (Lipinski definition) is 3. The van der Waals surface area contributed by atoms with Gasteiger partial charge in [-0.3, -0.25) is 9.98 Å². The second-order valence-corrected chi connectivity index (χ2v) is 6.26. The monoisotopic (exact) mass is 338 g/mol. The van der Waals surface area contributed by atoms with E-state index in [4.69, 9.17) is 0 Å². The number of aryl methyl sites for hydroxylation is 1. The van der Waals surface area contributed by atoms with Crippen LogP contribution in [0, 0.1) is 6.92 Å².